The molecule has 0 aliphatic rings. The Morgan fingerprint density at radius 2 is 1.94 bits per heavy atom. The highest BCUT2D eigenvalue weighted by molar-refractivity contribution is 8.03. The highest BCUT2D eigenvalue weighted by Crippen LogP contribution is 2.33. The topological polar surface area (TPSA) is 94.7 Å². The molecule has 0 amide bonds. The summed E-state index contributed by atoms with van der Waals surface area (Å²) in [5.74, 6) is 0.316. The summed E-state index contributed by atoms with van der Waals surface area (Å²) in [6.45, 7) is 4.35. The average Bonchev–Trinajstić information content (AvgIpc) is 3.21. The minimum Gasteiger partial charge on any atom is -0.490 e. The number of benzene rings is 2. The Balaban J connectivity index is 1.81. The van der Waals surface area contributed by atoms with Crippen LogP contribution < -0.4 is 9.47 Å². The maximum Gasteiger partial charge on any atom is 0.342 e. The monoisotopic (exact) mass is 494 g/mol. The fraction of sp³-hybridized carbons (Fsp3) is 0.227. The molecule has 0 bridgehead atoms. The molecule has 1 heterocycles. The van der Waals surface area contributed by atoms with E-state index in [9.17, 15) is 9.90 Å². The number of rotatable bonds is 10. The number of carboxylic acid groups (broad SMARTS) is 1. The highest BCUT2D eigenvalue weighted by atomic mass is 35.5. The van der Waals surface area contributed by atoms with Crippen molar-refractivity contribution in [3.63, 3.8) is 0 Å². The number of aliphatic carboxylic acids is 1. The minimum atomic E-state index is -1.11. The van der Waals surface area contributed by atoms with E-state index < -0.39 is 5.97 Å². The van der Waals surface area contributed by atoms with E-state index in [-0.39, 0.29) is 16.7 Å². The van der Waals surface area contributed by atoms with Crippen LogP contribution in [0.25, 0.3) is 6.08 Å². The van der Waals surface area contributed by atoms with Crippen molar-refractivity contribution in [2.75, 3.05) is 6.61 Å². The summed E-state index contributed by atoms with van der Waals surface area (Å²) in [4.78, 5) is 11.7. The second-order valence-electron chi connectivity index (χ2n) is 6.39. The number of hydrogen-bond acceptors (Lipinski definition) is 7. The Kier molecular flexibility index (Phi) is 8.44. The maximum absolute atomic E-state index is 11.7. The predicted octanol–water partition coefficient (Wildman–Crippen LogP) is 6.13. The van der Waals surface area contributed by atoms with Gasteiger partial charge in [0.1, 0.15) is 11.5 Å². The van der Waals surface area contributed by atoms with Gasteiger partial charge >= 0.3 is 5.97 Å². The van der Waals surface area contributed by atoms with Gasteiger partial charge in [-0.3, -0.25) is 0 Å². The largest absolute Gasteiger partial charge is 0.490 e. The van der Waals surface area contributed by atoms with Crippen LogP contribution in [0.1, 0.15) is 30.9 Å². The zero-order chi connectivity index (χ0) is 23.1. The molecule has 1 aromatic heterocycles. The van der Waals surface area contributed by atoms with Crippen molar-refractivity contribution in [1.82, 2.24) is 10.2 Å². The van der Waals surface area contributed by atoms with E-state index in [2.05, 4.69) is 10.2 Å². The molecule has 10 heteroatoms. The van der Waals surface area contributed by atoms with Gasteiger partial charge in [0.2, 0.25) is 5.89 Å². The van der Waals surface area contributed by atoms with Gasteiger partial charge in [0.25, 0.3) is 5.22 Å². The molecule has 168 valence electrons. The first-order valence-electron chi connectivity index (χ1n) is 9.68. The van der Waals surface area contributed by atoms with E-state index in [4.69, 9.17) is 37.1 Å². The minimum absolute atomic E-state index is 0.0281. The molecule has 2 aromatic carbocycles. The van der Waals surface area contributed by atoms with Gasteiger partial charge in [-0.1, -0.05) is 42.3 Å². The Morgan fingerprint density at radius 1 is 1.12 bits per heavy atom. The van der Waals surface area contributed by atoms with Crippen molar-refractivity contribution in [2.24, 2.45) is 0 Å². The van der Waals surface area contributed by atoms with Crippen LogP contribution in [0.2, 0.25) is 10.0 Å². The molecular formula is C22H20Cl2N2O5S. The normalized spacial score (nSPS) is 11.4. The van der Waals surface area contributed by atoms with Crippen molar-refractivity contribution in [3.05, 3.63) is 68.4 Å². The fourth-order valence-electron chi connectivity index (χ4n) is 2.60. The van der Waals surface area contributed by atoms with Crippen LogP contribution in [0.5, 0.6) is 11.5 Å². The predicted molar refractivity (Wildman–Crippen MR) is 124 cm³/mol. The Bertz CT molecular complexity index is 1130. The van der Waals surface area contributed by atoms with Crippen molar-refractivity contribution in [2.45, 2.75) is 32.1 Å². The molecule has 0 saturated carbocycles. The number of thioether (sulfide) groups is 1. The Hall–Kier alpha value is -2.68. The van der Waals surface area contributed by atoms with Gasteiger partial charge in [0.15, 0.2) is 11.5 Å². The average molecular weight is 495 g/mol. The lowest BCUT2D eigenvalue weighted by molar-refractivity contribution is -0.131. The SMILES string of the molecule is CCOc1cc(/C=C(\Sc2nnc(CC)o2)C(=O)O)ccc1OCc1ccc(Cl)cc1Cl. The lowest BCUT2D eigenvalue weighted by Crippen LogP contribution is -2.01. The lowest BCUT2D eigenvalue weighted by Gasteiger charge is -2.13. The molecule has 0 unspecified atom stereocenters. The zero-order valence-electron chi connectivity index (χ0n) is 17.3. The standard InChI is InChI=1S/C22H20Cl2N2O5S/c1-3-20-25-26-22(31-20)32-19(21(27)28)10-13-5-8-17(18(9-13)29-4-2)30-12-14-6-7-15(23)11-16(14)24/h5-11H,3-4,12H2,1-2H3,(H,27,28)/b19-10-. The molecule has 3 aromatic rings. The molecule has 32 heavy (non-hydrogen) atoms. The van der Waals surface area contributed by atoms with E-state index in [0.29, 0.717) is 46.0 Å². The molecule has 3 rings (SSSR count). The Morgan fingerprint density at radius 3 is 2.59 bits per heavy atom. The third-order valence-corrected chi connectivity index (χ3v) is 5.56. The quantitative estimate of drug-likeness (QED) is 0.265. The van der Waals surface area contributed by atoms with E-state index in [1.54, 1.807) is 36.4 Å². The van der Waals surface area contributed by atoms with Crippen molar-refractivity contribution in [3.8, 4) is 11.5 Å². The number of carbonyl (C=O) groups is 1. The summed E-state index contributed by atoms with van der Waals surface area (Å²) in [6, 6.07) is 10.3. The number of halogens is 2. The summed E-state index contributed by atoms with van der Waals surface area (Å²) in [5, 5.41) is 18.5. The van der Waals surface area contributed by atoms with E-state index in [0.717, 1.165) is 17.3 Å². The van der Waals surface area contributed by atoms with Gasteiger partial charge in [-0.25, -0.2) is 4.79 Å². The second kappa shape index (κ2) is 11.3. The van der Waals surface area contributed by atoms with Crippen molar-refractivity contribution >= 4 is 47.0 Å². The zero-order valence-corrected chi connectivity index (χ0v) is 19.6. The smallest absolute Gasteiger partial charge is 0.342 e. The highest BCUT2D eigenvalue weighted by Gasteiger charge is 2.16. The molecule has 0 aliphatic heterocycles. The number of hydrogen-bond donors (Lipinski definition) is 1. The number of aromatic nitrogens is 2. The lowest BCUT2D eigenvalue weighted by atomic mass is 10.2. The first-order valence-corrected chi connectivity index (χ1v) is 11.3. The second-order valence-corrected chi connectivity index (χ2v) is 8.23. The van der Waals surface area contributed by atoms with Gasteiger partial charge < -0.3 is 19.0 Å². The van der Waals surface area contributed by atoms with Gasteiger partial charge in [-0.05, 0) is 54.6 Å². The Labute approximate surface area is 199 Å². The van der Waals surface area contributed by atoms with Crippen LogP contribution in [-0.2, 0) is 17.8 Å². The summed E-state index contributed by atoms with van der Waals surface area (Å²) in [6.07, 6.45) is 2.07. The van der Waals surface area contributed by atoms with Gasteiger partial charge in [0, 0.05) is 22.0 Å². The van der Waals surface area contributed by atoms with Gasteiger partial charge in [0.05, 0.1) is 6.61 Å². The first-order chi connectivity index (χ1) is 15.4. The van der Waals surface area contributed by atoms with Crippen molar-refractivity contribution in [1.29, 1.82) is 0 Å². The van der Waals surface area contributed by atoms with Crippen LogP contribution in [0.15, 0.2) is 50.9 Å². The summed E-state index contributed by atoms with van der Waals surface area (Å²) >= 11 is 13.0. The van der Waals surface area contributed by atoms with E-state index in [1.807, 2.05) is 13.8 Å². The molecule has 7 nitrogen and oxygen atoms in total. The molecular weight excluding hydrogens is 475 g/mol. The molecule has 0 spiro atoms. The van der Waals surface area contributed by atoms with Crippen LogP contribution in [0.4, 0.5) is 0 Å². The molecule has 1 N–H and O–H groups in total. The van der Waals surface area contributed by atoms with E-state index in [1.165, 1.54) is 6.08 Å². The van der Waals surface area contributed by atoms with Crippen LogP contribution >= 0.6 is 35.0 Å². The van der Waals surface area contributed by atoms with E-state index >= 15 is 0 Å². The van der Waals surface area contributed by atoms with Crippen LogP contribution in [0, 0.1) is 0 Å². The number of carboxylic acids is 1. The number of aryl methyl sites for hydroxylation is 1. The van der Waals surface area contributed by atoms with Crippen LogP contribution in [0.3, 0.4) is 0 Å². The van der Waals surface area contributed by atoms with Crippen molar-refractivity contribution < 1.29 is 23.8 Å². The van der Waals surface area contributed by atoms with Gasteiger partial charge in [-0.2, -0.15) is 0 Å². The number of ether oxygens (including phenoxy) is 2. The molecule has 0 aliphatic carbocycles. The number of nitrogens with zero attached hydrogens (tertiary/aromatic N) is 2. The summed E-state index contributed by atoms with van der Waals surface area (Å²) in [5.41, 5.74) is 1.39. The third kappa shape index (κ3) is 6.41. The molecule has 0 radical (unpaired) electrons. The molecule has 0 saturated heterocycles. The maximum atomic E-state index is 11.7. The third-order valence-electron chi connectivity index (χ3n) is 4.12. The fourth-order valence-corrected chi connectivity index (χ4v) is 3.75. The summed E-state index contributed by atoms with van der Waals surface area (Å²) in [7, 11) is 0. The van der Waals surface area contributed by atoms with Gasteiger partial charge in [-0.15, -0.1) is 10.2 Å². The van der Waals surface area contributed by atoms with Crippen LogP contribution in [-0.4, -0.2) is 27.9 Å². The molecule has 0 fully saturated rings. The molecule has 0 atom stereocenters. The summed E-state index contributed by atoms with van der Waals surface area (Å²) < 4.78 is 17.0. The first kappa shape index (κ1) is 24.0.